The number of ether oxygens (including phenoxy) is 3. The summed E-state index contributed by atoms with van der Waals surface area (Å²) in [4.78, 5) is 31.4. The number of nitrogens with one attached hydrogen (secondary N) is 1. The van der Waals surface area contributed by atoms with Gasteiger partial charge in [0.15, 0.2) is 0 Å². The lowest BCUT2D eigenvalue weighted by Gasteiger charge is -2.34. The number of carbonyl (C=O) groups is 2. The molecule has 2 heterocycles. The lowest BCUT2D eigenvalue weighted by molar-refractivity contribution is 0.0185. The first-order chi connectivity index (χ1) is 22.5. The SMILES string of the molecule is C=C/C=C(\C=C)c1ccccc1.CC.COCCCOc1cc(C(=O)N[C@@H]2CCCN(C(=O)OC(C)(C)C)C2)nc2ccc(F)cc12. The second kappa shape index (κ2) is 19.9. The van der Waals surface area contributed by atoms with Crippen molar-refractivity contribution in [3.63, 3.8) is 0 Å². The summed E-state index contributed by atoms with van der Waals surface area (Å²) in [6.07, 6.45) is 7.30. The van der Waals surface area contributed by atoms with Gasteiger partial charge in [-0.1, -0.05) is 75.6 Å². The predicted molar refractivity (Wildman–Crippen MR) is 188 cm³/mol. The summed E-state index contributed by atoms with van der Waals surface area (Å²) >= 11 is 0. The fraction of sp³-hybridized carbons (Fsp3) is 0.395. The molecule has 0 unspecified atom stereocenters. The lowest BCUT2D eigenvalue weighted by atomic mass is 10.1. The molecular weight excluding hydrogens is 597 g/mol. The summed E-state index contributed by atoms with van der Waals surface area (Å²) < 4.78 is 30.1. The van der Waals surface area contributed by atoms with Gasteiger partial charge in [-0.2, -0.15) is 0 Å². The van der Waals surface area contributed by atoms with Crippen LogP contribution in [0.5, 0.6) is 5.75 Å². The lowest BCUT2D eigenvalue weighted by Crippen LogP contribution is -2.50. The van der Waals surface area contributed by atoms with E-state index >= 15 is 0 Å². The topological polar surface area (TPSA) is 90.0 Å². The molecule has 47 heavy (non-hydrogen) atoms. The van der Waals surface area contributed by atoms with E-state index in [1.807, 2.05) is 65.0 Å². The van der Waals surface area contributed by atoms with Crippen LogP contribution < -0.4 is 10.1 Å². The van der Waals surface area contributed by atoms with Crippen molar-refractivity contribution in [2.45, 2.75) is 65.5 Å². The zero-order valence-electron chi connectivity index (χ0n) is 28.7. The molecule has 0 radical (unpaired) electrons. The number of hydrogen-bond acceptors (Lipinski definition) is 6. The zero-order chi connectivity index (χ0) is 34.8. The van der Waals surface area contributed by atoms with E-state index in [0.717, 1.165) is 18.4 Å². The standard InChI is InChI=1S/C24H32FN3O5.C12H12.C2H6/c1-24(2,3)33-23(30)28-10-5-7-17(15-28)26-22(29)20-14-21(32-12-6-11-31-4)18-13-16(25)8-9-19(18)27-20;1-3-8-11(4-2)12-9-6-5-7-10-12;1-2/h8-9,13-14,17H,5-7,10-12,15H2,1-4H3,(H,26,29);3-10H,1-2H2;1-2H3/b;11-8+;/t17-;;/m1../s1. The Hall–Kier alpha value is -4.50. The number of nitrogens with zero attached hydrogens (tertiary/aromatic N) is 2. The third-order valence-electron chi connectivity index (χ3n) is 6.75. The molecule has 0 bridgehead atoms. The van der Waals surface area contributed by atoms with Crippen molar-refractivity contribution in [2.75, 3.05) is 33.4 Å². The number of fused-ring (bicyclic) bond motifs is 1. The Morgan fingerprint density at radius 1 is 1.09 bits per heavy atom. The van der Waals surface area contributed by atoms with Crippen molar-refractivity contribution < 1.29 is 28.2 Å². The van der Waals surface area contributed by atoms with Crippen LogP contribution in [0.3, 0.4) is 0 Å². The van der Waals surface area contributed by atoms with Crippen LogP contribution in [0.1, 0.15) is 69.9 Å². The summed E-state index contributed by atoms with van der Waals surface area (Å²) in [5.41, 5.74) is 2.33. The molecule has 8 nitrogen and oxygen atoms in total. The maximum atomic E-state index is 13.8. The molecule has 1 saturated heterocycles. The number of piperidine rings is 1. The summed E-state index contributed by atoms with van der Waals surface area (Å²) in [6, 6.07) is 15.6. The molecule has 4 rings (SSSR count). The second-order valence-electron chi connectivity index (χ2n) is 11.5. The molecule has 3 aromatic rings. The van der Waals surface area contributed by atoms with Crippen LogP contribution >= 0.6 is 0 Å². The molecule has 1 aliphatic heterocycles. The molecule has 1 aliphatic rings. The monoisotopic (exact) mass is 647 g/mol. The molecule has 0 saturated carbocycles. The Morgan fingerprint density at radius 3 is 2.45 bits per heavy atom. The largest absolute Gasteiger partial charge is 0.493 e. The molecule has 2 aromatic carbocycles. The fourth-order valence-corrected chi connectivity index (χ4v) is 4.67. The Morgan fingerprint density at radius 2 is 1.81 bits per heavy atom. The first-order valence-electron chi connectivity index (χ1n) is 16.1. The minimum atomic E-state index is -0.582. The number of pyridine rings is 1. The number of methoxy groups -OCH3 is 1. The second-order valence-corrected chi connectivity index (χ2v) is 11.5. The molecule has 1 fully saturated rings. The quantitative estimate of drug-likeness (QED) is 0.176. The zero-order valence-corrected chi connectivity index (χ0v) is 28.7. The highest BCUT2D eigenvalue weighted by atomic mass is 19.1. The summed E-state index contributed by atoms with van der Waals surface area (Å²) in [7, 11) is 1.61. The normalized spacial score (nSPS) is 14.5. The van der Waals surface area contributed by atoms with Crippen LogP contribution in [-0.4, -0.2) is 66.9 Å². The van der Waals surface area contributed by atoms with Gasteiger partial charge in [0, 0.05) is 50.7 Å². The number of carbonyl (C=O) groups excluding carboxylic acids is 2. The van der Waals surface area contributed by atoms with Crippen molar-refractivity contribution in [2.24, 2.45) is 0 Å². The minimum absolute atomic E-state index is 0.172. The van der Waals surface area contributed by atoms with E-state index in [0.29, 0.717) is 49.4 Å². The van der Waals surface area contributed by atoms with Crippen LogP contribution in [0.15, 0.2) is 86.0 Å². The number of likely N-dealkylation sites (tertiary alicyclic amines) is 1. The number of rotatable bonds is 10. The maximum absolute atomic E-state index is 13.8. The van der Waals surface area contributed by atoms with E-state index < -0.39 is 11.4 Å². The van der Waals surface area contributed by atoms with Crippen LogP contribution in [-0.2, 0) is 9.47 Å². The molecule has 9 heteroatoms. The highest BCUT2D eigenvalue weighted by molar-refractivity contribution is 5.97. The third-order valence-corrected chi connectivity index (χ3v) is 6.75. The molecule has 1 N–H and O–H groups in total. The van der Waals surface area contributed by atoms with Crippen LogP contribution in [0.2, 0.25) is 0 Å². The highest BCUT2D eigenvalue weighted by Gasteiger charge is 2.29. The van der Waals surface area contributed by atoms with E-state index in [2.05, 4.69) is 35.6 Å². The first kappa shape index (κ1) is 38.7. The van der Waals surface area contributed by atoms with Crippen molar-refractivity contribution in [1.82, 2.24) is 15.2 Å². The van der Waals surface area contributed by atoms with E-state index in [4.69, 9.17) is 14.2 Å². The Balaban J connectivity index is 0.000000458. The molecule has 2 amide bonds. The van der Waals surface area contributed by atoms with E-state index in [-0.39, 0.29) is 23.7 Å². The predicted octanol–water partition coefficient (Wildman–Crippen LogP) is 8.39. The van der Waals surface area contributed by atoms with E-state index in [1.165, 1.54) is 29.8 Å². The van der Waals surface area contributed by atoms with E-state index in [1.54, 1.807) is 18.1 Å². The molecule has 254 valence electrons. The van der Waals surface area contributed by atoms with Gasteiger partial charge < -0.3 is 24.4 Å². The molecule has 1 atom stereocenters. The molecular formula is C38H50FN3O5. The van der Waals surface area contributed by atoms with Gasteiger partial charge in [0.2, 0.25) is 0 Å². The highest BCUT2D eigenvalue weighted by Crippen LogP contribution is 2.27. The van der Waals surface area contributed by atoms with Gasteiger partial charge in [0.25, 0.3) is 5.91 Å². The average Bonchev–Trinajstić information content (AvgIpc) is 3.06. The molecule has 0 spiro atoms. The molecule has 1 aromatic heterocycles. The van der Waals surface area contributed by atoms with Gasteiger partial charge >= 0.3 is 6.09 Å². The van der Waals surface area contributed by atoms with Crippen LogP contribution in [0, 0.1) is 5.82 Å². The summed E-state index contributed by atoms with van der Waals surface area (Å²) in [5, 5.41) is 3.46. The van der Waals surface area contributed by atoms with Crippen molar-refractivity contribution in [3.8, 4) is 5.75 Å². The number of halogens is 1. The van der Waals surface area contributed by atoms with E-state index in [9.17, 15) is 14.0 Å². The minimum Gasteiger partial charge on any atom is -0.493 e. The first-order valence-corrected chi connectivity index (χ1v) is 16.1. The van der Waals surface area contributed by atoms with Crippen molar-refractivity contribution >= 4 is 28.5 Å². The van der Waals surface area contributed by atoms with Gasteiger partial charge in [0.05, 0.1) is 12.1 Å². The summed E-state index contributed by atoms with van der Waals surface area (Å²) in [5.74, 6) is -0.397. The molecule has 0 aliphatic carbocycles. The third kappa shape index (κ3) is 13.0. The van der Waals surface area contributed by atoms with Crippen molar-refractivity contribution in [1.29, 1.82) is 0 Å². The fourth-order valence-electron chi connectivity index (χ4n) is 4.67. The average molecular weight is 648 g/mol. The van der Waals surface area contributed by atoms with Gasteiger partial charge in [-0.25, -0.2) is 14.2 Å². The number of benzene rings is 2. The smallest absolute Gasteiger partial charge is 0.410 e. The maximum Gasteiger partial charge on any atom is 0.410 e. The summed E-state index contributed by atoms with van der Waals surface area (Å²) in [6.45, 7) is 18.7. The van der Waals surface area contributed by atoms with Gasteiger partial charge in [0.1, 0.15) is 22.9 Å². The number of aromatic nitrogens is 1. The van der Waals surface area contributed by atoms with Crippen molar-refractivity contribution in [3.05, 3.63) is 103 Å². The number of hydrogen-bond donors (Lipinski definition) is 1. The Bertz CT molecular complexity index is 1480. The number of amides is 2. The Kier molecular flexibility index (Phi) is 16.4. The van der Waals surface area contributed by atoms with Crippen LogP contribution in [0.25, 0.3) is 16.5 Å². The van der Waals surface area contributed by atoms with Gasteiger partial charge in [-0.3, -0.25) is 4.79 Å². The Labute approximate surface area is 279 Å². The van der Waals surface area contributed by atoms with Crippen LogP contribution in [0.4, 0.5) is 9.18 Å². The van der Waals surface area contributed by atoms with Gasteiger partial charge in [-0.05, 0) is 62.9 Å². The van der Waals surface area contributed by atoms with Gasteiger partial charge in [-0.15, -0.1) is 0 Å². The number of allylic oxidation sites excluding steroid dienone is 4.